The van der Waals surface area contributed by atoms with Crippen molar-refractivity contribution < 1.29 is 4.79 Å². The normalized spacial score (nSPS) is 11.6. The van der Waals surface area contributed by atoms with Crippen molar-refractivity contribution in [3.8, 4) is 44.8 Å². The summed E-state index contributed by atoms with van der Waals surface area (Å²) in [5.41, 5.74) is 12.5. The summed E-state index contributed by atoms with van der Waals surface area (Å²) < 4.78 is 2.81. The summed E-state index contributed by atoms with van der Waals surface area (Å²) >= 11 is 19.4. The van der Waals surface area contributed by atoms with Gasteiger partial charge in [0.25, 0.3) is 0 Å². The van der Waals surface area contributed by atoms with Gasteiger partial charge in [0.05, 0.1) is 22.2 Å². The van der Waals surface area contributed by atoms with Gasteiger partial charge in [0.1, 0.15) is 17.1 Å². The summed E-state index contributed by atoms with van der Waals surface area (Å²) in [4.78, 5) is 43.8. The van der Waals surface area contributed by atoms with Crippen molar-refractivity contribution in [2.24, 2.45) is 5.73 Å². The number of aromatic nitrogens is 8. The zero-order valence-electron chi connectivity index (χ0n) is 37.8. The highest BCUT2D eigenvalue weighted by atomic mass is 35.5. The van der Waals surface area contributed by atoms with Crippen LogP contribution < -0.4 is 16.9 Å². The molecule has 0 spiro atoms. The molecule has 0 aliphatic heterocycles. The van der Waals surface area contributed by atoms with Crippen LogP contribution in [-0.4, -0.2) is 52.6 Å². The molecule has 5 heterocycles. The van der Waals surface area contributed by atoms with Crippen LogP contribution in [0.1, 0.15) is 65.7 Å². The van der Waals surface area contributed by atoms with Gasteiger partial charge in [-0.3, -0.25) is 14.8 Å². The van der Waals surface area contributed by atoms with Crippen molar-refractivity contribution in [1.82, 2.24) is 39.1 Å². The first-order valence-electron chi connectivity index (χ1n) is 21.2. The number of hydrogen-bond donors (Lipinski definition) is 3. The number of benzene rings is 4. The number of nitrogens with zero attached hydrogens (tertiary/aromatic N) is 7. The number of aryl methyl sites for hydroxylation is 1. The number of nitrogens with one attached hydrogen (secondary N) is 2. The van der Waals surface area contributed by atoms with Crippen LogP contribution in [0.4, 0.5) is 0 Å². The number of nitrogens with two attached hydrogens (primary N) is 1. The summed E-state index contributed by atoms with van der Waals surface area (Å²) in [6.07, 6.45) is 1.59. The van der Waals surface area contributed by atoms with E-state index < -0.39 is 10.8 Å². The molecule has 0 unspecified atom stereocenters. The van der Waals surface area contributed by atoms with Crippen molar-refractivity contribution in [2.75, 3.05) is 7.05 Å². The lowest BCUT2D eigenvalue weighted by Crippen LogP contribution is -2.32. The number of pyridine rings is 2. The maximum atomic E-state index is 12.6. The third-order valence-corrected chi connectivity index (χ3v) is 11.7. The molecule has 66 heavy (non-hydrogen) atoms. The Labute approximate surface area is 397 Å². The van der Waals surface area contributed by atoms with Gasteiger partial charge in [0, 0.05) is 48.2 Å². The molecule has 0 radical (unpaired) electrons. The summed E-state index contributed by atoms with van der Waals surface area (Å²) in [6.45, 7) is 14.0. The van der Waals surface area contributed by atoms with Crippen molar-refractivity contribution in [3.05, 3.63) is 157 Å². The minimum atomic E-state index is -0.439. The fourth-order valence-corrected chi connectivity index (χ4v) is 8.24. The molecule has 0 bridgehead atoms. The van der Waals surface area contributed by atoms with E-state index in [1.807, 2.05) is 126 Å². The fraction of sp³-hybridized carbons (Fsp3) is 0.216. The molecule has 12 nitrogen and oxygen atoms in total. The summed E-state index contributed by atoms with van der Waals surface area (Å²) in [5, 5.41) is 18.5. The Bertz CT molecular complexity index is 3400. The zero-order valence-corrected chi connectivity index (χ0v) is 40.1. The number of halogens is 3. The first kappa shape index (κ1) is 47.4. The van der Waals surface area contributed by atoms with Gasteiger partial charge in [-0.25, -0.2) is 34.2 Å². The fourth-order valence-electron chi connectivity index (χ4n) is 7.60. The van der Waals surface area contributed by atoms with E-state index in [0.717, 1.165) is 39.8 Å². The molecule has 9 rings (SSSR count). The molecule has 0 aliphatic carbocycles. The van der Waals surface area contributed by atoms with Crippen LogP contribution in [0.15, 0.2) is 114 Å². The molecule has 0 atom stereocenters. The Morgan fingerprint density at radius 2 is 1.18 bits per heavy atom. The maximum Gasteiger partial charge on any atom is 0.349 e. The van der Waals surface area contributed by atoms with E-state index in [1.54, 1.807) is 0 Å². The van der Waals surface area contributed by atoms with E-state index in [4.69, 9.17) is 60.1 Å². The van der Waals surface area contributed by atoms with Crippen LogP contribution in [0.5, 0.6) is 0 Å². The largest absolute Gasteiger partial charge is 0.349 e. The molecule has 0 saturated carbocycles. The Kier molecular flexibility index (Phi) is 13.7. The van der Waals surface area contributed by atoms with Crippen LogP contribution in [-0.2, 0) is 22.0 Å². The van der Waals surface area contributed by atoms with Crippen molar-refractivity contribution in [2.45, 2.75) is 65.7 Å². The van der Waals surface area contributed by atoms with Crippen molar-refractivity contribution in [1.29, 1.82) is 5.41 Å². The van der Waals surface area contributed by atoms with Gasteiger partial charge in [0.2, 0.25) is 6.41 Å². The topological polar surface area (TPSA) is 174 Å². The Morgan fingerprint density at radius 3 is 1.71 bits per heavy atom. The third kappa shape index (κ3) is 9.27. The van der Waals surface area contributed by atoms with Crippen molar-refractivity contribution >= 4 is 68.9 Å². The quantitative estimate of drug-likeness (QED) is 0.138. The predicted octanol–water partition coefficient (Wildman–Crippen LogP) is 11.3. The van der Waals surface area contributed by atoms with E-state index in [9.17, 15) is 9.59 Å². The number of carbonyl (C=O) groups excluding carboxylic acids is 1. The summed E-state index contributed by atoms with van der Waals surface area (Å²) in [7, 11) is 1.50. The number of rotatable bonds is 6. The first-order chi connectivity index (χ1) is 31.5. The van der Waals surface area contributed by atoms with Crippen LogP contribution in [0.3, 0.4) is 0 Å². The standard InChI is InChI=1S/C26H25ClN4O.C24H19Cl2N5O.CH5N/c1-5-16-10-12-17(13-11-16)19-14-20-23(28)31(15-32)25(26(2,3)4)30-24(20)29-22(19)18-8-6-7-9-21(18)27;1-24(2,3)22-28-20-17(21-29-30-23(32)31(21)22)12-16(13-7-6-8-14(25)11-13)19(27-20)15-9-4-5-10-18(15)26;1-2/h6-15,28H,5H2,1-4H3;4-12H,1-3H3,(H,30,32);2H2,1H3. The second-order valence-corrected chi connectivity index (χ2v) is 18.7. The second-order valence-electron chi connectivity index (χ2n) is 17.4. The van der Waals surface area contributed by atoms with Gasteiger partial charge < -0.3 is 5.73 Å². The van der Waals surface area contributed by atoms with Gasteiger partial charge in [-0.1, -0.05) is 156 Å². The molecule has 9 aromatic rings. The highest BCUT2D eigenvalue weighted by Gasteiger charge is 2.26. The Hall–Kier alpha value is -6.57. The van der Waals surface area contributed by atoms with E-state index >= 15 is 0 Å². The lowest BCUT2D eigenvalue weighted by molar-refractivity contribution is 0.501. The molecule has 0 saturated heterocycles. The van der Waals surface area contributed by atoms with E-state index in [2.05, 4.69) is 47.1 Å². The number of hydrogen-bond acceptors (Lipinski definition) is 9. The molecule has 0 aliphatic rings. The number of carbonyl (C=O) groups is 1. The number of fused-ring (bicyclic) bond motifs is 4. The molecule has 5 aromatic heterocycles. The van der Waals surface area contributed by atoms with Gasteiger partial charge in [-0.15, -0.1) is 0 Å². The molecule has 336 valence electrons. The summed E-state index contributed by atoms with van der Waals surface area (Å²) in [6, 6.07) is 34.8. The second kappa shape index (κ2) is 19.1. The highest BCUT2D eigenvalue weighted by molar-refractivity contribution is 6.34. The van der Waals surface area contributed by atoms with E-state index in [1.165, 1.54) is 21.6 Å². The molecular formula is C51H49Cl3N10O2. The maximum absolute atomic E-state index is 12.6. The van der Waals surface area contributed by atoms with Crippen LogP contribution >= 0.6 is 34.8 Å². The first-order valence-corrected chi connectivity index (χ1v) is 22.3. The molecule has 0 fully saturated rings. The van der Waals surface area contributed by atoms with Crippen LogP contribution in [0.25, 0.3) is 72.5 Å². The van der Waals surface area contributed by atoms with Crippen LogP contribution in [0, 0.1) is 5.41 Å². The van der Waals surface area contributed by atoms with Gasteiger partial charge in [-0.2, -0.15) is 5.10 Å². The molecule has 4 aromatic carbocycles. The third-order valence-electron chi connectivity index (χ3n) is 10.8. The Morgan fingerprint density at radius 1 is 0.652 bits per heavy atom. The molecular weight excluding hydrogens is 891 g/mol. The van der Waals surface area contributed by atoms with Crippen LogP contribution in [0.2, 0.25) is 15.1 Å². The monoisotopic (exact) mass is 938 g/mol. The number of H-pyrrole nitrogens is 1. The summed E-state index contributed by atoms with van der Waals surface area (Å²) in [5.74, 6) is 1.06. The van der Waals surface area contributed by atoms with Gasteiger partial charge >= 0.3 is 5.69 Å². The van der Waals surface area contributed by atoms with E-state index in [0.29, 0.717) is 72.2 Å². The van der Waals surface area contributed by atoms with Gasteiger partial charge in [0.15, 0.2) is 16.9 Å². The zero-order chi connectivity index (χ0) is 47.7. The average Bonchev–Trinajstić information content (AvgIpc) is 3.69. The van der Waals surface area contributed by atoms with Crippen molar-refractivity contribution in [3.63, 3.8) is 0 Å². The minimum absolute atomic E-state index is 0.0690. The molecule has 15 heteroatoms. The lowest BCUT2D eigenvalue weighted by atomic mass is 9.94. The number of aromatic amines is 1. The average molecular weight is 940 g/mol. The molecule has 4 N–H and O–H groups in total. The molecule has 0 amide bonds. The Balaban J connectivity index is 0.000000189. The minimum Gasteiger partial charge on any atom is -0.333 e. The SMILES string of the molecule is CC(C)(C)c1nc2nc(-c3ccccc3Cl)c(-c3cccc(Cl)c3)cc2c2n[nH]c(=O)n12.CCc1ccc(-c2cc3c(=N)n(C=O)c(C(C)(C)C)nc3nc2-c2ccccc2Cl)cc1.CN. The predicted molar refractivity (Wildman–Crippen MR) is 268 cm³/mol. The van der Waals surface area contributed by atoms with Gasteiger partial charge in [-0.05, 0) is 66.6 Å². The highest BCUT2D eigenvalue weighted by Crippen LogP contribution is 2.39. The lowest BCUT2D eigenvalue weighted by Gasteiger charge is -2.21. The smallest absolute Gasteiger partial charge is 0.333 e. The van der Waals surface area contributed by atoms with E-state index in [-0.39, 0.29) is 11.2 Å².